The Morgan fingerprint density at radius 1 is 1.20 bits per heavy atom. The largest absolute Gasteiger partial charge is 0.482 e. The SMILES string of the molecule is CC(C)=CCc1c(OCC(=O)O)ccc2ccccc12. The lowest BCUT2D eigenvalue weighted by Gasteiger charge is -2.12. The fourth-order valence-corrected chi connectivity index (χ4v) is 2.11. The van der Waals surface area contributed by atoms with E-state index < -0.39 is 5.97 Å². The average Bonchev–Trinajstić information content (AvgIpc) is 2.42. The fourth-order valence-electron chi connectivity index (χ4n) is 2.11. The van der Waals surface area contributed by atoms with E-state index in [4.69, 9.17) is 9.84 Å². The minimum Gasteiger partial charge on any atom is -0.482 e. The van der Waals surface area contributed by atoms with Crippen LogP contribution >= 0.6 is 0 Å². The van der Waals surface area contributed by atoms with Gasteiger partial charge in [0.15, 0.2) is 6.61 Å². The molecule has 0 atom stereocenters. The normalized spacial score (nSPS) is 10.3. The summed E-state index contributed by atoms with van der Waals surface area (Å²) >= 11 is 0. The van der Waals surface area contributed by atoms with Gasteiger partial charge in [-0.25, -0.2) is 4.79 Å². The Morgan fingerprint density at radius 3 is 2.65 bits per heavy atom. The third-order valence-electron chi connectivity index (χ3n) is 3.06. The summed E-state index contributed by atoms with van der Waals surface area (Å²) in [5.74, 6) is -0.324. The van der Waals surface area contributed by atoms with Crippen LogP contribution in [-0.4, -0.2) is 17.7 Å². The highest BCUT2D eigenvalue weighted by Gasteiger charge is 2.09. The molecule has 3 heteroatoms. The van der Waals surface area contributed by atoms with E-state index in [1.54, 1.807) is 0 Å². The molecule has 0 aliphatic heterocycles. The van der Waals surface area contributed by atoms with Gasteiger partial charge in [0.1, 0.15) is 5.75 Å². The number of hydrogen-bond acceptors (Lipinski definition) is 2. The molecule has 0 heterocycles. The molecule has 0 saturated carbocycles. The minimum absolute atomic E-state index is 0.319. The van der Waals surface area contributed by atoms with Gasteiger partial charge in [0.05, 0.1) is 0 Å². The number of fused-ring (bicyclic) bond motifs is 1. The number of aliphatic carboxylic acids is 1. The Hall–Kier alpha value is -2.29. The maximum atomic E-state index is 10.7. The summed E-state index contributed by atoms with van der Waals surface area (Å²) in [7, 11) is 0. The molecule has 1 N–H and O–H groups in total. The van der Waals surface area contributed by atoms with Crippen LogP contribution in [0.5, 0.6) is 5.75 Å². The molecule has 0 unspecified atom stereocenters. The Labute approximate surface area is 118 Å². The molecule has 2 aromatic carbocycles. The van der Waals surface area contributed by atoms with E-state index in [1.165, 1.54) is 5.57 Å². The standard InChI is InChI=1S/C17H18O3/c1-12(2)7-9-15-14-6-4-3-5-13(14)8-10-16(15)20-11-17(18)19/h3-8,10H,9,11H2,1-2H3,(H,18,19). The quantitative estimate of drug-likeness (QED) is 0.840. The molecule has 0 amide bonds. The Balaban J connectivity index is 2.46. The number of rotatable bonds is 5. The Kier molecular flexibility index (Phi) is 4.41. The number of benzene rings is 2. The Bertz CT molecular complexity index is 652. The van der Waals surface area contributed by atoms with Gasteiger partial charge < -0.3 is 9.84 Å². The van der Waals surface area contributed by atoms with Crippen molar-refractivity contribution in [1.29, 1.82) is 0 Å². The maximum Gasteiger partial charge on any atom is 0.341 e. The lowest BCUT2D eigenvalue weighted by atomic mass is 10.00. The van der Waals surface area contributed by atoms with Gasteiger partial charge >= 0.3 is 5.97 Å². The van der Waals surface area contributed by atoms with Crippen LogP contribution in [0.4, 0.5) is 0 Å². The van der Waals surface area contributed by atoms with Crippen LogP contribution in [0, 0.1) is 0 Å². The third kappa shape index (κ3) is 3.38. The van der Waals surface area contributed by atoms with Gasteiger partial charge in [0, 0.05) is 5.56 Å². The first-order valence-electron chi connectivity index (χ1n) is 6.56. The first-order chi connectivity index (χ1) is 9.58. The van der Waals surface area contributed by atoms with Crippen LogP contribution in [-0.2, 0) is 11.2 Å². The predicted molar refractivity (Wildman–Crippen MR) is 80.2 cm³/mol. The molecule has 2 rings (SSSR count). The highest BCUT2D eigenvalue weighted by Crippen LogP contribution is 2.29. The van der Waals surface area contributed by atoms with Crippen molar-refractivity contribution in [3.63, 3.8) is 0 Å². The number of hydrogen-bond donors (Lipinski definition) is 1. The van der Waals surface area contributed by atoms with E-state index in [2.05, 4.69) is 6.08 Å². The van der Waals surface area contributed by atoms with Crippen molar-refractivity contribution in [3.8, 4) is 5.75 Å². The van der Waals surface area contributed by atoms with Gasteiger partial charge in [-0.1, -0.05) is 42.0 Å². The van der Waals surface area contributed by atoms with Crippen LogP contribution in [0.1, 0.15) is 19.4 Å². The first kappa shape index (κ1) is 14.1. The zero-order chi connectivity index (χ0) is 14.5. The second-order valence-electron chi connectivity index (χ2n) is 4.93. The summed E-state index contributed by atoms with van der Waals surface area (Å²) in [6, 6.07) is 11.9. The van der Waals surface area contributed by atoms with Crippen LogP contribution in [0.15, 0.2) is 48.0 Å². The van der Waals surface area contributed by atoms with Gasteiger partial charge in [0.2, 0.25) is 0 Å². The van der Waals surface area contributed by atoms with E-state index in [-0.39, 0.29) is 6.61 Å². The lowest BCUT2D eigenvalue weighted by Crippen LogP contribution is -2.10. The van der Waals surface area contributed by atoms with E-state index in [1.807, 2.05) is 50.2 Å². The second-order valence-corrected chi connectivity index (χ2v) is 4.93. The number of allylic oxidation sites excluding steroid dienone is 2. The molecule has 0 bridgehead atoms. The highest BCUT2D eigenvalue weighted by atomic mass is 16.5. The summed E-state index contributed by atoms with van der Waals surface area (Å²) in [5, 5.41) is 11.0. The molecular weight excluding hydrogens is 252 g/mol. The number of ether oxygens (including phenoxy) is 1. The van der Waals surface area contributed by atoms with Gasteiger partial charge in [-0.3, -0.25) is 0 Å². The molecule has 0 aromatic heterocycles. The van der Waals surface area contributed by atoms with E-state index in [0.29, 0.717) is 5.75 Å². The predicted octanol–water partition coefficient (Wildman–Crippen LogP) is 3.81. The number of carbonyl (C=O) groups is 1. The first-order valence-corrected chi connectivity index (χ1v) is 6.56. The molecule has 0 spiro atoms. The van der Waals surface area contributed by atoms with Gasteiger partial charge in [-0.15, -0.1) is 0 Å². The van der Waals surface area contributed by atoms with Crippen molar-refractivity contribution in [2.24, 2.45) is 0 Å². The topological polar surface area (TPSA) is 46.5 Å². The van der Waals surface area contributed by atoms with E-state index in [0.717, 1.165) is 22.8 Å². The third-order valence-corrected chi connectivity index (χ3v) is 3.06. The molecular formula is C17H18O3. The summed E-state index contributed by atoms with van der Waals surface area (Å²) in [4.78, 5) is 10.7. The molecule has 3 nitrogen and oxygen atoms in total. The van der Waals surface area contributed by atoms with Gasteiger partial charge in [0.25, 0.3) is 0 Å². The van der Waals surface area contributed by atoms with E-state index >= 15 is 0 Å². The van der Waals surface area contributed by atoms with Crippen molar-refractivity contribution in [2.45, 2.75) is 20.3 Å². The fraction of sp³-hybridized carbons (Fsp3) is 0.235. The number of carboxylic acids is 1. The van der Waals surface area contributed by atoms with Crippen LogP contribution in [0.3, 0.4) is 0 Å². The van der Waals surface area contributed by atoms with Crippen molar-refractivity contribution in [2.75, 3.05) is 6.61 Å². The van der Waals surface area contributed by atoms with Crippen molar-refractivity contribution >= 4 is 16.7 Å². The van der Waals surface area contributed by atoms with Crippen LogP contribution in [0.2, 0.25) is 0 Å². The zero-order valence-electron chi connectivity index (χ0n) is 11.7. The smallest absolute Gasteiger partial charge is 0.341 e. The highest BCUT2D eigenvalue weighted by molar-refractivity contribution is 5.88. The molecule has 0 radical (unpaired) electrons. The van der Waals surface area contributed by atoms with Gasteiger partial charge in [-0.05, 0) is 37.1 Å². The van der Waals surface area contributed by atoms with Crippen molar-refractivity contribution in [1.82, 2.24) is 0 Å². The Morgan fingerprint density at radius 2 is 1.95 bits per heavy atom. The average molecular weight is 270 g/mol. The molecule has 0 aliphatic rings. The number of carboxylic acid groups (broad SMARTS) is 1. The van der Waals surface area contributed by atoms with Crippen molar-refractivity contribution < 1.29 is 14.6 Å². The van der Waals surface area contributed by atoms with Gasteiger partial charge in [-0.2, -0.15) is 0 Å². The lowest BCUT2D eigenvalue weighted by molar-refractivity contribution is -0.139. The molecule has 0 aliphatic carbocycles. The van der Waals surface area contributed by atoms with Crippen LogP contribution < -0.4 is 4.74 Å². The molecule has 104 valence electrons. The second kappa shape index (κ2) is 6.24. The van der Waals surface area contributed by atoms with Crippen LogP contribution in [0.25, 0.3) is 10.8 Å². The molecule has 20 heavy (non-hydrogen) atoms. The molecule has 2 aromatic rings. The summed E-state index contributed by atoms with van der Waals surface area (Å²) < 4.78 is 5.41. The maximum absolute atomic E-state index is 10.7. The zero-order valence-corrected chi connectivity index (χ0v) is 11.7. The van der Waals surface area contributed by atoms with Crippen molar-refractivity contribution in [3.05, 3.63) is 53.6 Å². The minimum atomic E-state index is -0.966. The summed E-state index contributed by atoms with van der Waals surface area (Å²) in [5.41, 5.74) is 2.26. The molecule has 0 fully saturated rings. The summed E-state index contributed by atoms with van der Waals surface area (Å²) in [6.45, 7) is 3.77. The summed E-state index contributed by atoms with van der Waals surface area (Å²) in [6.07, 6.45) is 2.86. The monoisotopic (exact) mass is 270 g/mol. The van der Waals surface area contributed by atoms with E-state index in [9.17, 15) is 4.79 Å². The molecule has 0 saturated heterocycles.